The van der Waals surface area contributed by atoms with E-state index in [1.54, 1.807) is 0 Å². The summed E-state index contributed by atoms with van der Waals surface area (Å²) >= 11 is 0. The van der Waals surface area contributed by atoms with Crippen molar-refractivity contribution in [1.29, 1.82) is 0 Å². The molecule has 0 saturated carbocycles. The predicted molar refractivity (Wildman–Crippen MR) is 82.6 cm³/mol. The molecule has 1 unspecified atom stereocenters. The highest BCUT2D eigenvalue weighted by Gasteiger charge is 2.28. The van der Waals surface area contributed by atoms with Crippen LogP contribution in [0.1, 0.15) is 52.9 Å². The molecule has 1 heterocycles. The Morgan fingerprint density at radius 1 is 1.26 bits per heavy atom. The second-order valence-corrected chi connectivity index (χ2v) is 6.22. The summed E-state index contributed by atoms with van der Waals surface area (Å²) < 4.78 is 5.75. The number of nitrogens with zero attached hydrogens (tertiary/aromatic N) is 1. The van der Waals surface area contributed by atoms with Gasteiger partial charge in [0.25, 0.3) is 0 Å². The van der Waals surface area contributed by atoms with E-state index in [0.29, 0.717) is 11.5 Å². The molecule has 1 atom stereocenters. The Labute approximate surface area is 120 Å². The van der Waals surface area contributed by atoms with Gasteiger partial charge in [-0.25, -0.2) is 0 Å². The first-order valence-electron chi connectivity index (χ1n) is 8.16. The fraction of sp³-hybridized carbons (Fsp3) is 1.00. The topological polar surface area (TPSA) is 24.5 Å². The molecule has 1 saturated heterocycles. The molecule has 1 aliphatic heterocycles. The Kier molecular flexibility index (Phi) is 7.96. The van der Waals surface area contributed by atoms with E-state index in [9.17, 15) is 0 Å². The smallest absolute Gasteiger partial charge is 0.0702 e. The minimum atomic E-state index is 0.419. The summed E-state index contributed by atoms with van der Waals surface area (Å²) in [5.41, 5.74) is 0.419. The zero-order valence-corrected chi connectivity index (χ0v) is 13.5. The number of ether oxygens (including phenoxy) is 1. The van der Waals surface area contributed by atoms with E-state index < -0.39 is 0 Å². The number of hydrogen-bond donors (Lipinski definition) is 1. The molecule has 3 nitrogen and oxygen atoms in total. The molecule has 1 rings (SSSR count). The van der Waals surface area contributed by atoms with Crippen molar-refractivity contribution < 1.29 is 4.74 Å². The summed E-state index contributed by atoms with van der Waals surface area (Å²) in [6.07, 6.45) is 6.66. The summed E-state index contributed by atoms with van der Waals surface area (Å²) in [6, 6.07) is 0. The molecular formula is C16H34N2O. The van der Waals surface area contributed by atoms with Crippen molar-refractivity contribution in [3.05, 3.63) is 0 Å². The van der Waals surface area contributed by atoms with Crippen molar-refractivity contribution in [2.24, 2.45) is 5.41 Å². The molecule has 0 aromatic rings. The van der Waals surface area contributed by atoms with Crippen LogP contribution in [-0.4, -0.2) is 50.8 Å². The maximum Gasteiger partial charge on any atom is 0.0702 e. The molecule has 1 fully saturated rings. The van der Waals surface area contributed by atoms with E-state index >= 15 is 0 Å². The Bertz CT molecular complexity index is 223. The van der Waals surface area contributed by atoms with E-state index in [2.05, 4.69) is 38.0 Å². The first-order valence-corrected chi connectivity index (χ1v) is 8.16. The van der Waals surface area contributed by atoms with E-state index in [4.69, 9.17) is 4.74 Å². The maximum absolute atomic E-state index is 5.75. The third-order valence-electron chi connectivity index (χ3n) is 4.57. The van der Waals surface area contributed by atoms with Gasteiger partial charge in [-0.05, 0) is 51.1 Å². The number of hydrogen-bond acceptors (Lipinski definition) is 3. The van der Waals surface area contributed by atoms with E-state index in [-0.39, 0.29) is 0 Å². The monoisotopic (exact) mass is 270 g/mol. The Hall–Kier alpha value is -0.120. The van der Waals surface area contributed by atoms with Crippen molar-refractivity contribution in [3.8, 4) is 0 Å². The third-order valence-corrected chi connectivity index (χ3v) is 4.57. The number of nitrogens with one attached hydrogen (secondary N) is 1. The molecule has 19 heavy (non-hydrogen) atoms. The van der Waals surface area contributed by atoms with Crippen LogP contribution in [0.5, 0.6) is 0 Å². The van der Waals surface area contributed by atoms with Crippen LogP contribution in [0.4, 0.5) is 0 Å². The zero-order chi connectivity index (χ0) is 14.1. The van der Waals surface area contributed by atoms with Gasteiger partial charge in [0.05, 0.1) is 6.10 Å². The SMILES string of the molecule is CCCNCC(CC)(CC)CN(C)CC1CCCO1. The highest BCUT2D eigenvalue weighted by molar-refractivity contribution is 4.83. The number of rotatable bonds is 10. The standard InChI is InChI=1S/C16H34N2O/c1-5-10-17-13-16(6-2,7-3)14-18(4)12-15-9-8-11-19-15/h15,17H,5-14H2,1-4H3. The van der Waals surface area contributed by atoms with Crippen LogP contribution in [0.2, 0.25) is 0 Å². The first-order chi connectivity index (χ1) is 9.15. The molecule has 0 aromatic heterocycles. The van der Waals surface area contributed by atoms with Crippen molar-refractivity contribution in [3.63, 3.8) is 0 Å². The zero-order valence-electron chi connectivity index (χ0n) is 13.5. The summed E-state index contributed by atoms with van der Waals surface area (Å²) in [5, 5.41) is 3.62. The van der Waals surface area contributed by atoms with E-state index in [1.165, 1.54) is 38.6 Å². The third kappa shape index (κ3) is 5.80. The van der Waals surface area contributed by atoms with Crippen LogP contribution < -0.4 is 5.32 Å². The van der Waals surface area contributed by atoms with Gasteiger partial charge in [0.15, 0.2) is 0 Å². The molecule has 0 aromatic carbocycles. The van der Waals surface area contributed by atoms with Crippen molar-refractivity contribution >= 4 is 0 Å². The lowest BCUT2D eigenvalue weighted by atomic mass is 9.81. The molecule has 0 aliphatic carbocycles. The highest BCUT2D eigenvalue weighted by Crippen LogP contribution is 2.27. The summed E-state index contributed by atoms with van der Waals surface area (Å²) in [5.74, 6) is 0. The van der Waals surface area contributed by atoms with Crippen LogP contribution in [0.25, 0.3) is 0 Å². The Morgan fingerprint density at radius 3 is 2.53 bits per heavy atom. The molecule has 114 valence electrons. The largest absolute Gasteiger partial charge is 0.377 e. The highest BCUT2D eigenvalue weighted by atomic mass is 16.5. The molecule has 1 N–H and O–H groups in total. The average Bonchev–Trinajstić information content (AvgIpc) is 2.90. The van der Waals surface area contributed by atoms with Crippen LogP contribution >= 0.6 is 0 Å². The lowest BCUT2D eigenvalue weighted by Crippen LogP contribution is -2.44. The summed E-state index contributed by atoms with van der Waals surface area (Å²) in [7, 11) is 2.25. The fourth-order valence-electron chi connectivity index (χ4n) is 3.08. The van der Waals surface area contributed by atoms with Gasteiger partial charge in [-0.2, -0.15) is 0 Å². The van der Waals surface area contributed by atoms with Gasteiger partial charge in [-0.1, -0.05) is 20.8 Å². The van der Waals surface area contributed by atoms with Crippen molar-refractivity contribution in [2.45, 2.75) is 59.0 Å². The quantitative estimate of drug-likeness (QED) is 0.618. The second-order valence-electron chi connectivity index (χ2n) is 6.22. The summed E-state index contributed by atoms with van der Waals surface area (Å²) in [6.45, 7) is 12.4. The Balaban J connectivity index is 2.40. The molecular weight excluding hydrogens is 236 g/mol. The van der Waals surface area contributed by atoms with E-state index in [1.807, 2.05) is 0 Å². The molecule has 0 amide bonds. The number of likely N-dealkylation sites (N-methyl/N-ethyl adjacent to an activating group) is 1. The maximum atomic E-state index is 5.75. The average molecular weight is 270 g/mol. The van der Waals surface area contributed by atoms with Gasteiger partial charge in [0.2, 0.25) is 0 Å². The predicted octanol–water partition coefficient (Wildman–Crippen LogP) is 2.90. The fourth-order valence-corrected chi connectivity index (χ4v) is 3.08. The summed E-state index contributed by atoms with van der Waals surface area (Å²) in [4.78, 5) is 2.48. The van der Waals surface area contributed by atoms with Crippen LogP contribution in [0.15, 0.2) is 0 Å². The molecule has 3 heteroatoms. The Morgan fingerprint density at radius 2 is 2.00 bits per heavy atom. The lowest BCUT2D eigenvalue weighted by Gasteiger charge is -2.36. The van der Waals surface area contributed by atoms with Gasteiger partial charge >= 0.3 is 0 Å². The van der Waals surface area contributed by atoms with E-state index in [0.717, 1.165) is 26.2 Å². The van der Waals surface area contributed by atoms with Crippen LogP contribution in [0, 0.1) is 5.41 Å². The van der Waals surface area contributed by atoms with Crippen molar-refractivity contribution in [1.82, 2.24) is 10.2 Å². The first kappa shape index (κ1) is 16.9. The molecule has 0 bridgehead atoms. The van der Waals surface area contributed by atoms with Gasteiger partial charge in [-0.3, -0.25) is 0 Å². The lowest BCUT2D eigenvalue weighted by molar-refractivity contribution is 0.0620. The van der Waals surface area contributed by atoms with Crippen molar-refractivity contribution in [2.75, 3.05) is 39.8 Å². The van der Waals surface area contributed by atoms with Gasteiger partial charge in [-0.15, -0.1) is 0 Å². The minimum absolute atomic E-state index is 0.419. The minimum Gasteiger partial charge on any atom is -0.377 e. The normalized spacial score (nSPS) is 20.4. The second kappa shape index (κ2) is 8.93. The molecule has 1 aliphatic rings. The molecule has 0 spiro atoms. The van der Waals surface area contributed by atoms with Gasteiger partial charge in [0, 0.05) is 26.2 Å². The molecule has 0 radical (unpaired) electrons. The van der Waals surface area contributed by atoms with Crippen LogP contribution in [0.3, 0.4) is 0 Å². The van der Waals surface area contributed by atoms with Gasteiger partial charge in [0.1, 0.15) is 0 Å². The van der Waals surface area contributed by atoms with Crippen LogP contribution in [-0.2, 0) is 4.74 Å². The van der Waals surface area contributed by atoms with Gasteiger partial charge < -0.3 is 15.0 Å².